The highest BCUT2D eigenvalue weighted by atomic mass is 35.7. The third-order valence-electron chi connectivity index (χ3n) is 3.37. The minimum absolute atomic E-state index is 0.877. The minimum Gasteiger partial charge on any atom is -0.497 e. The quantitative estimate of drug-likeness (QED) is 0.533. The number of pyridine rings is 1. The van der Waals surface area contributed by atoms with Gasteiger partial charge in [-0.2, -0.15) is 4.57 Å². The summed E-state index contributed by atoms with van der Waals surface area (Å²) in [5.74, 6) is 0.877. The minimum atomic E-state index is -4.94. The average Bonchev–Trinajstić information content (AvgIpc) is 2.53. The first-order valence-electron chi connectivity index (χ1n) is 6.96. The average molecular weight is 350 g/mol. The Morgan fingerprint density at radius 2 is 1.42 bits per heavy atom. The zero-order valence-corrected chi connectivity index (χ0v) is 13.9. The van der Waals surface area contributed by atoms with Gasteiger partial charge < -0.3 is 4.74 Å². The Labute approximate surface area is 141 Å². The highest BCUT2D eigenvalue weighted by Crippen LogP contribution is 2.16. The first-order valence-corrected chi connectivity index (χ1v) is 8.19. The van der Waals surface area contributed by atoms with Gasteiger partial charge in [0, 0.05) is 36.6 Å². The predicted octanol–water partition coefficient (Wildman–Crippen LogP) is -1.32. The van der Waals surface area contributed by atoms with Gasteiger partial charge in [-0.25, -0.2) is 18.6 Å². The van der Waals surface area contributed by atoms with Gasteiger partial charge in [0.25, 0.3) is 0 Å². The monoisotopic (exact) mass is 349 g/mol. The van der Waals surface area contributed by atoms with E-state index >= 15 is 0 Å². The first-order chi connectivity index (χ1) is 11.3. The van der Waals surface area contributed by atoms with Gasteiger partial charge in [0.05, 0.1) is 7.11 Å². The summed E-state index contributed by atoms with van der Waals surface area (Å²) in [6, 6.07) is 20.9. The molecule has 0 fully saturated rings. The molecule has 0 radical (unpaired) electrons. The first kappa shape index (κ1) is 18.1. The Balaban J connectivity index is 0.000000368. The molecule has 1 aromatic heterocycles. The van der Waals surface area contributed by atoms with Crippen LogP contribution in [0.2, 0.25) is 0 Å². The van der Waals surface area contributed by atoms with Gasteiger partial charge in [-0.1, -0.05) is 12.1 Å². The molecule has 7 heteroatoms. The molecule has 3 rings (SSSR count). The van der Waals surface area contributed by atoms with E-state index in [1.54, 1.807) is 7.11 Å². The Morgan fingerprint density at radius 3 is 2.00 bits per heavy atom. The maximum absolute atomic E-state index is 8.49. The number of hydrogen-bond donors (Lipinski definition) is 0. The number of para-hydroxylation sites is 1. The zero-order valence-electron chi connectivity index (χ0n) is 13.1. The number of methoxy groups -OCH3 is 1. The third-order valence-corrected chi connectivity index (χ3v) is 3.37. The van der Waals surface area contributed by atoms with E-state index in [2.05, 4.69) is 60.0 Å². The van der Waals surface area contributed by atoms with Crippen LogP contribution in [0.25, 0.3) is 16.6 Å². The molecule has 0 saturated carbocycles. The number of hydrogen-bond acceptors (Lipinski definition) is 5. The number of halogens is 1. The van der Waals surface area contributed by atoms with Crippen molar-refractivity contribution in [1.82, 2.24) is 0 Å². The SMILES string of the molecule is COc1ccc(-[n+]2c(C)ccc3ccccc32)cc1.[O-][Cl+3]([O-])([O-])[O-]. The van der Waals surface area contributed by atoms with Crippen molar-refractivity contribution in [2.45, 2.75) is 6.92 Å². The van der Waals surface area contributed by atoms with Gasteiger partial charge in [0.15, 0.2) is 5.69 Å². The number of ether oxygens (including phenoxy) is 1. The predicted molar refractivity (Wildman–Crippen MR) is 76.8 cm³/mol. The lowest BCUT2D eigenvalue weighted by Crippen LogP contribution is -2.68. The van der Waals surface area contributed by atoms with Crippen LogP contribution in [0.1, 0.15) is 5.69 Å². The van der Waals surface area contributed by atoms with Crippen molar-refractivity contribution < 1.29 is 38.2 Å². The Kier molecular flexibility index (Phi) is 5.71. The molecule has 0 spiro atoms. The second-order valence-corrected chi connectivity index (χ2v) is 5.70. The summed E-state index contributed by atoms with van der Waals surface area (Å²) in [5, 5.41) is 1.24. The molecule has 6 nitrogen and oxygen atoms in total. The summed E-state index contributed by atoms with van der Waals surface area (Å²) < 4.78 is 41.4. The van der Waals surface area contributed by atoms with E-state index in [1.165, 1.54) is 16.6 Å². The molecule has 3 aromatic rings. The largest absolute Gasteiger partial charge is 0.497 e. The van der Waals surface area contributed by atoms with E-state index in [9.17, 15) is 0 Å². The number of fused-ring (bicyclic) bond motifs is 1. The van der Waals surface area contributed by atoms with Crippen molar-refractivity contribution in [3.63, 3.8) is 0 Å². The molecule has 126 valence electrons. The van der Waals surface area contributed by atoms with Gasteiger partial charge in [0.2, 0.25) is 11.2 Å². The topological polar surface area (TPSA) is 105 Å². The molecular formula is C17H16ClNO5. The maximum Gasteiger partial charge on any atom is 0.218 e. The molecular weight excluding hydrogens is 334 g/mol. The molecule has 0 amide bonds. The van der Waals surface area contributed by atoms with Crippen molar-refractivity contribution >= 4 is 10.9 Å². The highest BCUT2D eigenvalue weighted by Gasteiger charge is 2.15. The van der Waals surface area contributed by atoms with Crippen molar-refractivity contribution in [1.29, 1.82) is 0 Å². The van der Waals surface area contributed by atoms with E-state index in [0.29, 0.717) is 0 Å². The molecule has 0 N–H and O–H groups in total. The molecule has 0 saturated heterocycles. The standard InChI is InChI=1S/C17H16NO.ClHO4/c1-13-7-8-14-5-3-4-6-17(14)18(13)15-9-11-16(19-2)12-10-15;2-1(3,4)5/h3-12H,1-2H3;(H,2,3,4,5)/q+1;/p-1. The van der Waals surface area contributed by atoms with Gasteiger partial charge in [-0.3, -0.25) is 0 Å². The fraction of sp³-hybridized carbons (Fsp3) is 0.118. The lowest BCUT2D eigenvalue weighted by atomic mass is 10.1. The normalized spacial score (nSPS) is 10.9. The number of nitrogens with zero attached hydrogens (tertiary/aromatic N) is 1. The van der Waals surface area contributed by atoms with Crippen LogP contribution < -0.4 is 27.9 Å². The van der Waals surface area contributed by atoms with Crippen LogP contribution in [0, 0.1) is 17.2 Å². The van der Waals surface area contributed by atoms with Crippen LogP contribution in [-0.2, 0) is 0 Å². The van der Waals surface area contributed by atoms with Crippen molar-refractivity contribution in [2.75, 3.05) is 7.11 Å². The molecule has 2 aromatic carbocycles. The Morgan fingerprint density at radius 1 is 0.833 bits per heavy atom. The Hall–Kier alpha value is -2.22. The smallest absolute Gasteiger partial charge is 0.218 e. The second kappa shape index (κ2) is 7.57. The molecule has 0 aliphatic heterocycles. The van der Waals surface area contributed by atoms with Crippen molar-refractivity contribution in [3.8, 4) is 11.4 Å². The highest BCUT2D eigenvalue weighted by molar-refractivity contribution is 5.75. The number of rotatable bonds is 2. The Bertz CT molecular complexity index is 809. The summed E-state index contributed by atoms with van der Waals surface area (Å²) in [5.41, 5.74) is 3.58. The van der Waals surface area contributed by atoms with Gasteiger partial charge in [-0.15, -0.1) is 10.2 Å². The summed E-state index contributed by atoms with van der Waals surface area (Å²) in [4.78, 5) is 0. The third kappa shape index (κ3) is 4.89. The van der Waals surface area contributed by atoms with Crippen LogP contribution in [0.4, 0.5) is 0 Å². The van der Waals surface area contributed by atoms with Crippen LogP contribution in [-0.4, -0.2) is 7.11 Å². The molecule has 0 atom stereocenters. The summed E-state index contributed by atoms with van der Waals surface area (Å²) in [7, 11) is -3.26. The fourth-order valence-electron chi connectivity index (χ4n) is 2.38. The summed E-state index contributed by atoms with van der Waals surface area (Å²) in [6.45, 7) is 2.12. The molecule has 1 heterocycles. The fourth-order valence-corrected chi connectivity index (χ4v) is 2.38. The second-order valence-electron chi connectivity index (χ2n) is 4.94. The molecule has 0 bridgehead atoms. The van der Waals surface area contributed by atoms with Crippen LogP contribution in [0.3, 0.4) is 0 Å². The number of aromatic nitrogens is 1. The van der Waals surface area contributed by atoms with E-state index < -0.39 is 10.2 Å². The number of benzene rings is 2. The van der Waals surface area contributed by atoms with Gasteiger partial charge >= 0.3 is 0 Å². The summed E-state index contributed by atoms with van der Waals surface area (Å²) in [6.07, 6.45) is 0. The molecule has 24 heavy (non-hydrogen) atoms. The van der Waals surface area contributed by atoms with Gasteiger partial charge in [0.1, 0.15) is 5.75 Å². The van der Waals surface area contributed by atoms with E-state index in [1.807, 2.05) is 12.1 Å². The van der Waals surface area contributed by atoms with E-state index in [-0.39, 0.29) is 0 Å². The molecule has 0 aliphatic rings. The van der Waals surface area contributed by atoms with Gasteiger partial charge in [-0.05, 0) is 24.3 Å². The van der Waals surface area contributed by atoms with Crippen LogP contribution >= 0.6 is 0 Å². The summed E-state index contributed by atoms with van der Waals surface area (Å²) >= 11 is 0. The number of aryl methyl sites for hydroxylation is 1. The lowest BCUT2D eigenvalue weighted by Gasteiger charge is -2.17. The van der Waals surface area contributed by atoms with Crippen LogP contribution in [0.15, 0.2) is 60.7 Å². The van der Waals surface area contributed by atoms with Crippen molar-refractivity contribution in [3.05, 3.63) is 66.4 Å². The molecule has 0 unspecified atom stereocenters. The lowest BCUT2D eigenvalue weighted by molar-refractivity contribution is -2.00. The zero-order chi connectivity index (χ0) is 17.7. The molecule has 0 aliphatic carbocycles. The van der Waals surface area contributed by atoms with E-state index in [4.69, 9.17) is 23.4 Å². The van der Waals surface area contributed by atoms with E-state index in [0.717, 1.165) is 11.4 Å². The van der Waals surface area contributed by atoms with Crippen molar-refractivity contribution in [2.24, 2.45) is 0 Å². The van der Waals surface area contributed by atoms with Crippen LogP contribution in [0.5, 0.6) is 5.75 Å². The maximum atomic E-state index is 8.49.